The Labute approximate surface area is 370 Å². The van der Waals surface area contributed by atoms with E-state index in [1.807, 2.05) is 28.7 Å². The van der Waals surface area contributed by atoms with Gasteiger partial charge in [-0.3, -0.25) is 0 Å². The molecule has 13 rings (SSSR count). The molecule has 0 atom stereocenters. The average molecular weight is 839 g/mol. The van der Waals surface area contributed by atoms with Crippen LogP contribution in [0.15, 0.2) is 211 Å². The monoisotopic (exact) mass is 838 g/mol. The summed E-state index contributed by atoms with van der Waals surface area (Å²) >= 11 is 3.71. The first-order valence-corrected chi connectivity index (χ1v) is 22.8. The Morgan fingerprint density at radius 2 is 0.825 bits per heavy atom. The third-order valence-electron chi connectivity index (χ3n) is 12.3. The Kier molecular flexibility index (Phi) is 8.26. The number of hydrogen-bond acceptors (Lipinski definition) is 5. The molecule has 0 saturated heterocycles. The molecular weight excluding hydrogens is 805 g/mol. The highest BCUT2D eigenvalue weighted by Gasteiger charge is 2.21. The number of hydrogen-bond donors (Lipinski definition) is 0. The summed E-state index contributed by atoms with van der Waals surface area (Å²) in [5.74, 6) is 0.652. The van der Waals surface area contributed by atoms with Gasteiger partial charge < -0.3 is 4.42 Å². The molecule has 0 fully saturated rings. The molecule has 294 valence electrons. The maximum absolute atomic E-state index is 6.78. The van der Waals surface area contributed by atoms with Gasteiger partial charge in [0.1, 0.15) is 16.8 Å². The molecule has 9 aromatic carbocycles. The van der Waals surface area contributed by atoms with Crippen molar-refractivity contribution in [2.75, 3.05) is 0 Å². The highest BCUT2D eigenvalue weighted by Crippen LogP contribution is 2.44. The number of benzene rings is 9. The number of thiophene rings is 2. The van der Waals surface area contributed by atoms with Crippen LogP contribution in [0, 0.1) is 0 Å². The number of rotatable bonds is 6. The van der Waals surface area contributed by atoms with E-state index in [9.17, 15) is 0 Å². The Hall–Kier alpha value is -7.70. The molecule has 0 N–H and O–H groups in total. The third-order valence-corrected chi connectivity index (χ3v) is 14.7. The standard InChI is InChI=1S/C58H34N2OS2/c1-2-13-35(14-3-1)36-15-9-19-41(32-36)53-55-54(60-58(59-53)42-20-10-18-40(33-42)44-24-12-26-48-46-22-5-7-28-52(46)63-57(44)48)49-34-38(29-30-50(49)61-55)37-16-8-17-39(31-37)43-23-11-25-47-45-21-4-6-27-51(45)62-56(43)47/h1-34H. The predicted octanol–water partition coefficient (Wildman–Crippen LogP) is 17.1. The van der Waals surface area contributed by atoms with Crippen LogP contribution in [0.5, 0.6) is 0 Å². The zero-order chi connectivity index (χ0) is 41.4. The first kappa shape index (κ1) is 36.0. The molecule has 0 saturated carbocycles. The summed E-state index contributed by atoms with van der Waals surface area (Å²) in [6.45, 7) is 0. The molecule has 0 unspecified atom stereocenters. The molecule has 0 aliphatic heterocycles. The lowest BCUT2D eigenvalue weighted by Gasteiger charge is -2.10. The summed E-state index contributed by atoms with van der Waals surface area (Å²) in [4.78, 5) is 10.8. The largest absolute Gasteiger partial charge is 0.452 e. The summed E-state index contributed by atoms with van der Waals surface area (Å²) in [5.41, 5.74) is 14.2. The Bertz CT molecular complexity index is 3930. The predicted molar refractivity (Wildman–Crippen MR) is 268 cm³/mol. The van der Waals surface area contributed by atoms with Crippen LogP contribution in [0.1, 0.15) is 0 Å². The first-order valence-electron chi connectivity index (χ1n) is 21.1. The first-order chi connectivity index (χ1) is 31.2. The topological polar surface area (TPSA) is 38.9 Å². The van der Waals surface area contributed by atoms with E-state index in [-0.39, 0.29) is 0 Å². The second-order valence-electron chi connectivity index (χ2n) is 16.1. The fraction of sp³-hybridized carbons (Fsp3) is 0. The summed E-state index contributed by atoms with van der Waals surface area (Å²) in [7, 11) is 0. The second-order valence-corrected chi connectivity index (χ2v) is 18.2. The number of furan rings is 1. The van der Waals surface area contributed by atoms with E-state index in [0.717, 1.165) is 61.1 Å². The van der Waals surface area contributed by atoms with Gasteiger partial charge in [0.05, 0.1) is 0 Å². The second kappa shape index (κ2) is 14.5. The molecule has 0 spiro atoms. The zero-order valence-electron chi connectivity index (χ0n) is 33.7. The van der Waals surface area contributed by atoms with Crippen LogP contribution in [0.2, 0.25) is 0 Å². The third kappa shape index (κ3) is 6.00. The summed E-state index contributed by atoms with van der Waals surface area (Å²) in [5, 5.41) is 6.13. The molecule has 0 radical (unpaired) electrons. The fourth-order valence-electron chi connectivity index (χ4n) is 9.27. The van der Waals surface area contributed by atoms with Gasteiger partial charge in [0.25, 0.3) is 0 Å². The van der Waals surface area contributed by atoms with Crippen LogP contribution in [0.3, 0.4) is 0 Å². The maximum Gasteiger partial charge on any atom is 0.180 e. The molecule has 63 heavy (non-hydrogen) atoms. The Morgan fingerprint density at radius 1 is 0.333 bits per heavy atom. The van der Waals surface area contributed by atoms with E-state index in [0.29, 0.717) is 11.4 Å². The maximum atomic E-state index is 6.78. The summed E-state index contributed by atoms with van der Waals surface area (Å²) in [6, 6.07) is 73.8. The molecule has 3 nitrogen and oxygen atoms in total. The molecule has 4 heterocycles. The van der Waals surface area contributed by atoms with E-state index in [2.05, 4.69) is 200 Å². The van der Waals surface area contributed by atoms with E-state index in [1.54, 1.807) is 0 Å². The quantitative estimate of drug-likeness (QED) is 0.167. The minimum Gasteiger partial charge on any atom is -0.452 e. The SMILES string of the molecule is c1ccc(-c2cccc(-c3nc(-c4cccc(-c5cccc6c5sc5ccccc56)c4)nc4c3oc3ccc(-c5cccc(-c6cccc7c6sc6ccccc67)c5)cc34)c2)cc1. The molecule has 0 aliphatic carbocycles. The highest BCUT2D eigenvalue weighted by molar-refractivity contribution is 7.26. The summed E-state index contributed by atoms with van der Waals surface area (Å²) < 4.78 is 12.0. The lowest BCUT2D eigenvalue weighted by atomic mass is 9.97. The lowest BCUT2D eigenvalue weighted by Crippen LogP contribution is -1.94. The molecule has 0 bridgehead atoms. The number of nitrogens with zero attached hydrogens (tertiary/aromatic N) is 2. The molecule has 13 aromatic rings. The molecular formula is C58H34N2OS2. The van der Waals surface area contributed by atoms with Gasteiger partial charge in [-0.25, -0.2) is 9.97 Å². The van der Waals surface area contributed by atoms with Crippen molar-refractivity contribution in [3.63, 3.8) is 0 Å². The average Bonchev–Trinajstić information content (AvgIpc) is 4.05. The van der Waals surface area contributed by atoms with Crippen LogP contribution >= 0.6 is 22.7 Å². The van der Waals surface area contributed by atoms with Crippen molar-refractivity contribution in [2.45, 2.75) is 0 Å². The van der Waals surface area contributed by atoms with Gasteiger partial charge in [-0.05, 0) is 87.0 Å². The Balaban J connectivity index is 0.982. The van der Waals surface area contributed by atoms with Crippen molar-refractivity contribution in [2.24, 2.45) is 0 Å². The van der Waals surface area contributed by atoms with Gasteiger partial charge in [0.15, 0.2) is 11.4 Å². The van der Waals surface area contributed by atoms with Crippen LogP contribution < -0.4 is 0 Å². The number of aromatic nitrogens is 2. The smallest absolute Gasteiger partial charge is 0.180 e. The van der Waals surface area contributed by atoms with Crippen molar-refractivity contribution in [3.8, 4) is 67.2 Å². The normalized spacial score (nSPS) is 11.8. The minimum atomic E-state index is 0.652. The van der Waals surface area contributed by atoms with Crippen molar-refractivity contribution in [1.82, 2.24) is 9.97 Å². The lowest BCUT2D eigenvalue weighted by molar-refractivity contribution is 0.667. The van der Waals surface area contributed by atoms with Crippen LogP contribution in [-0.2, 0) is 0 Å². The van der Waals surface area contributed by atoms with Crippen molar-refractivity contribution < 1.29 is 4.42 Å². The van der Waals surface area contributed by atoms with Gasteiger partial charge in [-0.1, -0.05) is 164 Å². The minimum absolute atomic E-state index is 0.652. The molecule has 5 heteroatoms. The highest BCUT2D eigenvalue weighted by atomic mass is 32.1. The molecule has 4 aromatic heterocycles. The molecule has 0 amide bonds. The van der Waals surface area contributed by atoms with Crippen LogP contribution in [-0.4, -0.2) is 9.97 Å². The number of fused-ring (bicyclic) bond motifs is 9. The van der Waals surface area contributed by atoms with E-state index in [4.69, 9.17) is 14.4 Å². The van der Waals surface area contributed by atoms with Crippen LogP contribution in [0.4, 0.5) is 0 Å². The van der Waals surface area contributed by atoms with Crippen molar-refractivity contribution in [1.29, 1.82) is 0 Å². The fourth-order valence-corrected chi connectivity index (χ4v) is 11.7. The van der Waals surface area contributed by atoms with E-state index < -0.39 is 0 Å². The van der Waals surface area contributed by atoms with E-state index in [1.165, 1.54) is 57.0 Å². The van der Waals surface area contributed by atoms with E-state index >= 15 is 0 Å². The van der Waals surface area contributed by atoms with Gasteiger partial charge in [0, 0.05) is 56.9 Å². The van der Waals surface area contributed by atoms with Crippen molar-refractivity contribution in [3.05, 3.63) is 206 Å². The molecule has 0 aliphatic rings. The van der Waals surface area contributed by atoms with Gasteiger partial charge in [-0.15, -0.1) is 22.7 Å². The van der Waals surface area contributed by atoms with Gasteiger partial charge in [-0.2, -0.15) is 0 Å². The Morgan fingerprint density at radius 3 is 1.51 bits per heavy atom. The van der Waals surface area contributed by atoms with Crippen molar-refractivity contribution >= 4 is 85.1 Å². The van der Waals surface area contributed by atoms with Crippen LogP contribution in [0.25, 0.3) is 130 Å². The van der Waals surface area contributed by atoms with Gasteiger partial charge >= 0.3 is 0 Å². The summed E-state index contributed by atoms with van der Waals surface area (Å²) in [6.07, 6.45) is 0. The zero-order valence-corrected chi connectivity index (χ0v) is 35.4. The van der Waals surface area contributed by atoms with Gasteiger partial charge in [0.2, 0.25) is 0 Å².